The van der Waals surface area contributed by atoms with Crippen molar-refractivity contribution in [1.29, 1.82) is 0 Å². The maximum absolute atomic E-state index is 13.4. The van der Waals surface area contributed by atoms with Gasteiger partial charge in [0.05, 0.1) is 44.1 Å². The molecule has 8 rings (SSSR count). The first kappa shape index (κ1) is 62.5. The topological polar surface area (TPSA) is 388 Å². The molecule has 13 N–H and O–H groups in total. The van der Waals surface area contributed by atoms with Crippen molar-refractivity contribution in [2.45, 2.75) is 230 Å². The van der Waals surface area contributed by atoms with E-state index in [0.29, 0.717) is 44.1 Å². The van der Waals surface area contributed by atoms with Crippen molar-refractivity contribution in [1.82, 2.24) is 0 Å². The predicted octanol–water partition coefficient (Wildman–Crippen LogP) is -1.24. The Morgan fingerprint density at radius 3 is 1.68 bits per heavy atom. The predicted molar refractivity (Wildman–Crippen MR) is 269 cm³/mol. The lowest BCUT2D eigenvalue weighted by Crippen LogP contribution is -2.75. The number of ether oxygens (including phenoxy) is 8. The molecular formula is C55H88O24. The summed E-state index contributed by atoms with van der Waals surface area (Å²) in [5.41, 5.74) is -4.41. The maximum Gasteiger partial charge on any atom is 0.335 e. The number of hydrogen-bond acceptors (Lipinski definition) is 23. The van der Waals surface area contributed by atoms with Crippen LogP contribution in [0.4, 0.5) is 0 Å². The lowest BCUT2D eigenvalue weighted by atomic mass is 9.30. The first-order valence-electron chi connectivity index (χ1n) is 28.0. The van der Waals surface area contributed by atoms with E-state index in [2.05, 4.69) is 20.8 Å². The highest BCUT2D eigenvalue weighted by molar-refractivity contribution is 5.87. The lowest BCUT2D eigenvalue weighted by molar-refractivity contribution is -0.392. The number of allylic oxidation sites excluding steroid dienone is 1. The van der Waals surface area contributed by atoms with Crippen LogP contribution in [0.5, 0.6) is 0 Å². The van der Waals surface area contributed by atoms with Gasteiger partial charge in [-0.15, -0.1) is 0 Å². The van der Waals surface area contributed by atoms with Gasteiger partial charge in [0.15, 0.2) is 25.0 Å². The highest BCUT2D eigenvalue weighted by Gasteiger charge is 2.76. The molecule has 0 aromatic rings. The van der Waals surface area contributed by atoms with Crippen LogP contribution in [0, 0.1) is 56.2 Å². The number of aliphatic carboxylic acids is 1. The van der Waals surface area contributed by atoms with Crippen LogP contribution in [0.3, 0.4) is 0 Å². The lowest BCUT2D eigenvalue weighted by Gasteiger charge is -2.75. The van der Waals surface area contributed by atoms with Crippen LogP contribution in [-0.2, 0) is 52.3 Å². The summed E-state index contributed by atoms with van der Waals surface area (Å²) in [7, 11) is 0. The zero-order valence-electron chi connectivity index (χ0n) is 46.6. The Morgan fingerprint density at radius 2 is 1.16 bits per heavy atom. The van der Waals surface area contributed by atoms with Crippen LogP contribution >= 0.6 is 0 Å². The summed E-state index contributed by atoms with van der Waals surface area (Å²) in [5.74, 6) is -3.69. The van der Waals surface area contributed by atoms with Gasteiger partial charge in [-0.05, 0) is 105 Å². The minimum Gasteiger partial charge on any atom is -0.479 e. The first-order chi connectivity index (χ1) is 36.9. The molecule has 0 aromatic heterocycles. The van der Waals surface area contributed by atoms with Crippen molar-refractivity contribution in [2.75, 3.05) is 26.4 Å². The fourth-order valence-electron chi connectivity index (χ4n) is 17.0. The monoisotopic (exact) mass is 1130 g/mol. The van der Waals surface area contributed by atoms with Crippen LogP contribution in [0.2, 0.25) is 0 Å². The molecule has 4 unspecified atom stereocenters. The van der Waals surface area contributed by atoms with Gasteiger partial charge in [-0.3, -0.25) is 4.79 Å². The fraction of sp³-hybridized carbons (Fsp3) is 0.909. The van der Waals surface area contributed by atoms with Crippen LogP contribution in [0.1, 0.15) is 114 Å². The van der Waals surface area contributed by atoms with E-state index < -0.39 is 193 Å². The molecule has 5 saturated carbocycles. The summed E-state index contributed by atoms with van der Waals surface area (Å²) >= 11 is 0. The SMILES string of the molecule is C/C=C(/C)C(=O)O[C@H]1[C@H](OC(C)=O)[C@@]2(CO)C(CC1(C)C)C1CCC3[C@@]4(C)CC[C@H](O[C@@H]5O[C@H](C(=O)O)[C@@H](O[C@@H]6O[C@H](CO)[C@@H](O)[C@H](O)[C@H]6O)[C@H](O)[C@H]5O[C@@H]5O[C@H](CO)[C@@H](O)[C@H](O)[C@H]5O)[C@](C)(CO)C4CC[C@@]3(C)[C@]1(C)C[C@H]2O. The molecule has 28 atom stereocenters. The standard InChI is InChI=1S/C55H88O24/c1-10-23(2)46(71)79-43-44(72-24(3)60)55(22-59)26(17-50(43,4)5)25-11-12-30-51(6)15-14-32(52(7,21-58)29(51)13-16-53(30,8)54(25,9)18-31(55)61)75-49-41(77-48-38(67)36(65)34(63)28(20-57)74-48)39(68)40(42(78-49)45(69)70)76-47-37(66)35(64)33(62)27(19-56)73-47/h10,25-44,47-49,56-59,61-68H,11-22H2,1-9H3,(H,69,70)/b23-10-/t25?,26?,27-,28-,29?,30?,31-,32+,33-,34-,35+,36+,37-,38-,39+,40+,41-,42+,43+,44+,47+,48+,49-,51+,52-,53-,54-,55+/m1/s1. The quantitative estimate of drug-likeness (QED) is 0.0549. The van der Waals surface area contributed by atoms with Gasteiger partial charge in [-0.2, -0.15) is 0 Å². The average molecular weight is 1130 g/mol. The zero-order chi connectivity index (χ0) is 58.4. The molecule has 24 nitrogen and oxygen atoms in total. The van der Waals surface area contributed by atoms with Gasteiger partial charge >= 0.3 is 17.9 Å². The second kappa shape index (κ2) is 22.8. The van der Waals surface area contributed by atoms with Gasteiger partial charge in [0.2, 0.25) is 0 Å². The summed E-state index contributed by atoms with van der Waals surface area (Å²) < 4.78 is 48.3. The van der Waals surface area contributed by atoms with E-state index >= 15 is 0 Å². The Kier molecular flexibility index (Phi) is 18.0. The van der Waals surface area contributed by atoms with Crippen LogP contribution < -0.4 is 0 Å². The molecule has 0 bridgehead atoms. The largest absolute Gasteiger partial charge is 0.479 e. The van der Waals surface area contributed by atoms with Crippen molar-refractivity contribution in [2.24, 2.45) is 56.2 Å². The van der Waals surface area contributed by atoms with Gasteiger partial charge in [-0.25, -0.2) is 9.59 Å². The molecule has 8 aliphatic rings. The normalized spacial score (nSPS) is 51.7. The third-order valence-corrected chi connectivity index (χ3v) is 21.7. The van der Waals surface area contributed by atoms with Gasteiger partial charge in [0.1, 0.15) is 79.4 Å². The number of carboxylic acids is 1. The molecule has 5 aliphatic carbocycles. The van der Waals surface area contributed by atoms with Crippen LogP contribution in [-0.4, -0.2) is 227 Å². The Balaban J connectivity index is 1.10. The highest BCUT2D eigenvalue weighted by atomic mass is 16.8. The van der Waals surface area contributed by atoms with Gasteiger partial charge in [-0.1, -0.05) is 47.6 Å². The van der Waals surface area contributed by atoms with Crippen molar-refractivity contribution in [3.05, 3.63) is 11.6 Å². The molecule has 0 spiro atoms. The number of rotatable bonds is 14. The number of hydrogen-bond donors (Lipinski definition) is 13. The van der Waals surface area contributed by atoms with Crippen molar-refractivity contribution >= 4 is 17.9 Å². The number of aliphatic hydroxyl groups is 12. The number of aliphatic hydroxyl groups excluding tert-OH is 12. The molecule has 24 heteroatoms. The Morgan fingerprint density at radius 1 is 0.582 bits per heavy atom. The van der Waals surface area contributed by atoms with Crippen molar-refractivity contribution < 1.29 is 119 Å². The van der Waals surface area contributed by atoms with Gasteiger partial charge in [0, 0.05) is 23.3 Å². The third-order valence-electron chi connectivity index (χ3n) is 21.7. The molecule has 8 fully saturated rings. The molecule has 0 radical (unpaired) electrons. The summed E-state index contributed by atoms with van der Waals surface area (Å²) in [6.07, 6.45) is -27.4. The van der Waals surface area contributed by atoms with Crippen LogP contribution in [0.25, 0.3) is 0 Å². The minimum atomic E-state index is -2.17. The van der Waals surface area contributed by atoms with Gasteiger partial charge < -0.3 is 104 Å². The smallest absolute Gasteiger partial charge is 0.335 e. The second-order valence-corrected chi connectivity index (χ2v) is 26.0. The number of carboxylic acid groups (broad SMARTS) is 1. The molecule has 3 saturated heterocycles. The summed E-state index contributed by atoms with van der Waals surface area (Å²) in [6, 6.07) is 0. The fourth-order valence-corrected chi connectivity index (χ4v) is 17.0. The maximum atomic E-state index is 13.4. The molecule has 3 aliphatic heterocycles. The molecule has 452 valence electrons. The summed E-state index contributed by atoms with van der Waals surface area (Å²) in [4.78, 5) is 39.5. The molecular weight excluding hydrogens is 1040 g/mol. The van der Waals surface area contributed by atoms with E-state index in [-0.39, 0.29) is 36.5 Å². The van der Waals surface area contributed by atoms with Crippen molar-refractivity contribution in [3.8, 4) is 0 Å². The second-order valence-electron chi connectivity index (χ2n) is 26.0. The number of carbonyl (C=O) groups is 3. The number of carbonyl (C=O) groups excluding carboxylic acids is 2. The van der Waals surface area contributed by atoms with E-state index in [1.807, 2.05) is 20.8 Å². The molecule has 0 aromatic carbocycles. The van der Waals surface area contributed by atoms with E-state index in [1.54, 1.807) is 19.9 Å². The molecule has 3 heterocycles. The molecule has 79 heavy (non-hydrogen) atoms. The van der Waals surface area contributed by atoms with Crippen LogP contribution in [0.15, 0.2) is 11.6 Å². The first-order valence-corrected chi connectivity index (χ1v) is 28.0. The van der Waals surface area contributed by atoms with E-state index in [4.69, 9.17) is 37.9 Å². The number of fused-ring (bicyclic) bond motifs is 7. The third kappa shape index (κ3) is 10.0. The summed E-state index contributed by atoms with van der Waals surface area (Å²) in [6.45, 7) is 14.4. The Labute approximate surface area is 459 Å². The zero-order valence-corrected chi connectivity index (χ0v) is 46.6. The van der Waals surface area contributed by atoms with E-state index in [0.717, 1.165) is 0 Å². The van der Waals surface area contributed by atoms with E-state index in [9.17, 15) is 80.8 Å². The van der Waals surface area contributed by atoms with Crippen molar-refractivity contribution in [3.63, 3.8) is 0 Å². The Hall–Kier alpha value is -2.57. The number of esters is 2. The Bertz CT molecular complexity index is 2230. The average Bonchev–Trinajstić information content (AvgIpc) is 3.25. The summed E-state index contributed by atoms with van der Waals surface area (Å²) in [5, 5.41) is 143. The van der Waals surface area contributed by atoms with E-state index in [1.165, 1.54) is 6.92 Å². The van der Waals surface area contributed by atoms with Gasteiger partial charge in [0.25, 0.3) is 0 Å². The highest BCUT2D eigenvalue weighted by Crippen LogP contribution is 2.77. The minimum absolute atomic E-state index is 0.00855. The molecule has 0 amide bonds.